The zero-order valence-corrected chi connectivity index (χ0v) is 18.1. The number of hydrogen-bond acceptors (Lipinski definition) is 4. The Labute approximate surface area is 178 Å². The second-order valence-electron chi connectivity index (χ2n) is 5.88. The summed E-state index contributed by atoms with van der Waals surface area (Å²) in [5, 5.41) is 8.53. The van der Waals surface area contributed by atoms with E-state index in [2.05, 4.69) is 31.9 Å². The lowest BCUT2D eigenvalue weighted by molar-refractivity contribution is -0.115. The minimum atomic E-state index is -0.364. The van der Waals surface area contributed by atoms with Crippen molar-refractivity contribution in [2.24, 2.45) is 0 Å². The smallest absolute Gasteiger partial charge is 0.261 e. The van der Waals surface area contributed by atoms with E-state index in [1.54, 1.807) is 43.3 Å². The largest absolute Gasteiger partial charge is 0.493 e. The summed E-state index contributed by atoms with van der Waals surface area (Å²) in [6.07, 6.45) is 1.25. The van der Waals surface area contributed by atoms with Crippen LogP contribution in [0, 0.1) is 0 Å². The quantitative estimate of drug-likeness (QED) is 0.517. The number of anilines is 2. The highest BCUT2D eigenvalue weighted by atomic mass is 79.9. The fourth-order valence-corrected chi connectivity index (χ4v) is 2.81. The average molecular weight is 464 g/mol. The van der Waals surface area contributed by atoms with Crippen molar-refractivity contribution in [1.29, 1.82) is 0 Å². The van der Waals surface area contributed by atoms with Gasteiger partial charge in [-0.15, -0.1) is 0 Å². The van der Waals surface area contributed by atoms with Crippen LogP contribution in [0.25, 0.3) is 0 Å². The lowest BCUT2D eigenvalue weighted by Crippen LogP contribution is -2.34. The van der Waals surface area contributed by atoms with Crippen LogP contribution in [-0.2, 0) is 4.79 Å². The first-order chi connectivity index (χ1) is 13.4. The molecule has 0 spiro atoms. The fraction of sp³-hybridized carbons (Fsp3) is 0.250. The van der Waals surface area contributed by atoms with Crippen molar-refractivity contribution in [2.75, 3.05) is 17.2 Å². The molecule has 0 unspecified atom stereocenters. The van der Waals surface area contributed by atoms with Crippen LogP contribution in [-0.4, -0.2) is 23.5 Å². The van der Waals surface area contributed by atoms with Crippen LogP contribution >= 0.6 is 28.1 Å². The topological polar surface area (TPSA) is 79.5 Å². The van der Waals surface area contributed by atoms with Crippen molar-refractivity contribution in [2.45, 2.75) is 26.7 Å². The van der Waals surface area contributed by atoms with Crippen LogP contribution in [0.5, 0.6) is 5.75 Å². The van der Waals surface area contributed by atoms with Crippen molar-refractivity contribution in [1.82, 2.24) is 5.32 Å². The van der Waals surface area contributed by atoms with Gasteiger partial charge in [0.2, 0.25) is 5.91 Å². The van der Waals surface area contributed by atoms with Crippen LogP contribution in [0.3, 0.4) is 0 Å². The molecule has 0 aliphatic heterocycles. The van der Waals surface area contributed by atoms with Crippen LogP contribution in [0.1, 0.15) is 37.0 Å². The first-order valence-corrected chi connectivity index (χ1v) is 10.1. The van der Waals surface area contributed by atoms with E-state index in [0.29, 0.717) is 35.7 Å². The number of benzene rings is 2. The molecule has 0 radical (unpaired) electrons. The lowest BCUT2D eigenvalue weighted by Gasteiger charge is -2.13. The average Bonchev–Trinajstić information content (AvgIpc) is 2.68. The number of hydrogen-bond donors (Lipinski definition) is 3. The fourth-order valence-electron chi connectivity index (χ4n) is 2.24. The first-order valence-electron chi connectivity index (χ1n) is 8.87. The summed E-state index contributed by atoms with van der Waals surface area (Å²) in [5.41, 5.74) is 1.78. The molecular weight excluding hydrogens is 442 g/mol. The van der Waals surface area contributed by atoms with Crippen LogP contribution in [0.2, 0.25) is 0 Å². The SMILES string of the molecule is CCCOc1ccc(Br)cc1C(=O)NC(=S)Nc1ccc(NC(=O)CC)cc1. The van der Waals surface area contributed by atoms with Crippen molar-refractivity contribution in [3.05, 3.63) is 52.5 Å². The third kappa shape index (κ3) is 6.61. The van der Waals surface area contributed by atoms with Gasteiger partial charge in [-0.3, -0.25) is 14.9 Å². The van der Waals surface area contributed by atoms with Crippen LogP contribution in [0.4, 0.5) is 11.4 Å². The molecule has 0 saturated heterocycles. The Morgan fingerprint density at radius 3 is 2.29 bits per heavy atom. The summed E-state index contributed by atoms with van der Waals surface area (Å²) >= 11 is 8.60. The number of thiocarbonyl (C=S) groups is 1. The molecule has 3 N–H and O–H groups in total. The third-order valence-electron chi connectivity index (χ3n) is 3.62. The highest BCUT2D eigenvalue weighted by molar-refractivity contribution is 9.10. The zero-order valence-electron chi connectivity index (χ0n) is 15.7. The minimum absolute atomic E-state index is 0.0568. The second kappa shape index (κ2) is 10.8. The zero-order chi connectivity index (χ0) is 20.5. The maximum atomic E-state index is 12.6. The van der Waals surface area contributed by atoms with E-state index < -0.39 is 0 Å². The molecular formula is C20H22BrN3O3S. The van der Waals surface area contributed by atoms with Gasteiger partial charge in [-0.05, 0) is 61.1 Å². The molecule has 2 amide bonds. The highest BCUT2D eigenvalue weighted by Crippen LogP contribution is 2.23. The number of rotatable bonds is 7. The van der Waals surface area contributed by atoms with E-state index in [1.807, 2.05) is 13.0 Å². The maximum Gasteiger partial charge on any atom is 0.261 e. The van der Waals surface area contributed by atoms with E-state index >= 15 is 0 Å². The lowest BCUT2D eigenvalue weighted by atomic mass is 10.2. The first kappa shape index (κ1) is 21.8. The standard InChI is InChI=1S/C20H22BrN3O3S/c1-3-11-27-17-10-5-13(21)12-16(17)19(26)24-20(28)23-15-8-6-14(7-9-15)22-18(25)4-2/h5-10,12H,3-4,11H2,1-2H3,(H,22,25)(H2,23,24,26,28). The van der Waals surface area contributed by atoms with Gasteiger partial charge in [0, 0.05) is 22.3 Å². The third-order valence-corrected chi connectivity index (χ3v) is 4.32. The van der Waals surface area contributed by atoms with E-state index in [9.17, 15) is 9.59 Å². The number of amides is 2. The summed E-state index contributed by atoms with van der Waals surface area (Å²) in [7, 11) is 0. The Kier molecular flexibility index (Phi) is 8.41. The van der Waals surface area contributed by atoms with Gasteiger partial charge in [0.1, 0.15) is 5.75 Å². The summed E-state index contributed by atoms with van der Waals surface area (Å²) < 4.78 is 6.41. The van der Waals surface area contributed by atoms with Crippen LogP contribution < -0.4 is 20.7 Å². The van der Waals surface area contributed by atoms with Gasteiger partial charge in [0.05, 0.1) is 12.2 Å². The van der Waals surface area contributed by atoms with Crippen LogP contribution in [0.15, 0.2) is 46.9 Å². The normalized spacial score (nSPS) is 10.1. The Hall–Kier alpha value is -2.45. The maximum absolute atomic E-state index is 12.6. The molecule has 0 fully saturated rings. The Balaban J connectivity index is 2.00. The Morgan fingerprint density at radius 2 is 1.68 bits per heavy atom. The summed E-state index contributed by atoms with van der Waals surface area (Å²) in [5.74, 6) is 0.0803. The molecule has 148 valence electrons. The molecule has 0 aliphatic carbocycles. The van der Waals surface area contributed by atoms with Crippen molar-refractivity contribution in [3.8, 4) is 5.75 Å². The molecule has 2 rings (SSSR count). The van der Waals surface area contributed by atoms with Gasteiger partial charge in [-0.1, -0.05) is 29.8 Å². The highest BCUT2D eigenvalue weighted by Gasteiger charge is 2.15. The van der Waals surface area contributed by atoms with Gasteiger partial charge in [-0.25, -0.2) is 0 Å². The molecule has 0 aromatic heterocycles. The molecule has 28 heavy (non-hydrogen) atoms. The monoisotopic (exact) mass is 463 g/mol. The number of nitrogens with one attached hydrogen (secondary N) is 3. The predicted molar refractivity (Wildman–Crippen MR) is 119 cm³/mol. The number of carbonyl (C=O) groups excluding carboxylic acids is 2. The molecule has 8 heteroatoms. The molecule has 0 heterocycles. The number of ether oxygens (including phenoxy) is 1. The molecule has 6 nitrogen and oxygen atoms in total. The second-order valence-corrected chi connectivity index (χ2v) is 7.20. The molecule has 0 atom stereocenters. The van der Waals surface area contributed by atoms with Crippen molar-refractivity contribution >= 4 is 56.4 Å². The van der Waals surface area contributed by atoms with Gasteiger partial charge in [0.15, 0.2) is 5.11 Å². The van der Waals surface area contributed by atoms with Crippen molar-refractivity contribution in [3.63, 3.8) is 0 Å². The minimum Gasteiger partial charge on any atom is -0.493 e. The van der Waals surface area contributed by atoms with E-state index in [0.717, 1.165) is 10.9 Å². The summed E-state index contributed by atoms with van der Waals surface area (Å²) in [4.78, 5) is 24.0. The van der Waals surface area contributed by atoms with E-state index in [4.69, 9.17) is 17.0 Å². The molecule has 0 saturated carbocycles. The van der Waals surface area contributed by atoms with Gasteiger partial charge in [-0.2, -0.15) is 0 Å². The summed E-state index contributed by atoms with van der Waals surface area (Å²) in [6, 6.07) is 12.3. The predicted octanol–water partition coefficient (Wildman–Crippen LogP) is 4.71. The van der Waals surface area contributed by atoms with Gasteiger partial charge < -0.3 is 15.4 Å². The number of carbonyl (C=O) groups is 2. The number of halogens is 1. The van der Waals surface area contributed by atoms with Gasteiger partial charge in [0.25, 0.3) is 5.91 Å². The van der Waals surface area contributed by atoms with E-state index in [-0.39, 0.29) is 16.9 Å². The Bertz CT molecular complexity index is 856. The molecule has 0 bridgehead atoms. The molecule has 2 aromatic carbocycles. The molecule has 0 aliphatic rings. The Morgan fingerprint density at radius 1 is 1.04 bits per heavy atom. The van der Waals surface area contributed by atoms with E-state index in [1.165, 1.54) is 0 Å². The summed E-state index contributed by atoms with van der Waals surface area (Å²) in [6.45, 7) is 4.30. The van der Waals surface area contributed by atoms with Crippen molar-refractivity contribution < 1.29 is 14.3 Å². The van der Waals surface area contributed by atoms with Gasteiger partial charge >= 0.3 is 0 Å². The molecule has 2 aromatic rings.